The van der Waals surface area contributed by atoms with Crippen molar-refractivity contribution < 1.29 is 13.2 Å². The van der Waals surface area contributed by atoms with E-state index in [-0.39, 0.29) is 20.6 Å². The fourth-order valence-corrected chi connectivity index (χ4v) is 5.38. The third-order valence-electron chi connectivity index (χ3n) is 4.14. The van der Waals surface area contributed by atoms with Gasteiger partial charge in [0.05, 0.1) is 22.0 Å². The molecule has 31 heavy (non-hydrogen) atoms. The summed E-state index contributed by atoms with van der Waals surface area (Å²) in [6, 6.07) is 13.1. The second kappa shape index (κ2) is 9.65. The fourth-order valence-electron chi connectivity index (χ4n) is 2.78. The van der Waals surface area contributed by atoms with Gasteiger partial charge >= 0.3 is 0 Å². The van der Waals surface area contributed by atoms with Crippen molar-refractivity contribution in [3.8, 4) is 0 Å². The van der Waals surface area contributed by atoms with Crippen LogP contribution in [0.2, 0.25) is 5.02 Å². The molecule has 4 N–H and O–H groups in total. The van der Waals surface area contributed by atoms with Crippen LogP contribution in [0.1, 0.15) is 21.5 Å². The molecule has 0 aliphatic carbocycles. The van der Waals surface area contributed by atoms with Crippen LogP contribution < -0.4 is 20.9 Å². The van der Waals surface area contributed by atoms with Crippen molar-refractivity contribution in [3.63, 3.8) is 0 Å². The number of hydrazine groups is 1. The molecule has 0 radical (unpaired) electrons. The molecule has 0 spiro atoms. The van der Waals surface area contributed by atoms with Gasteiger partial charge in [0.15, 0.2) is 5.11 Å². The predicted molar refractivity (Wildman–Crippen MR) is 129 cm³/mol. The zero-order valence-corrected chi connectivity index (χ0v) is 19.7. The Morgan fingerprint density at radius 1 is 1.06 bits per heavy atom. The third kappa shape index (κ3) is 5.73. The average Bonchev–Trinajstić information content (AvgIpc) is 3.25. The number of halogens is 1. The van der Waals surface area contributed by atoms with E-state index in [0.29, 0.717) is 10.7 Å². The summed E-state index contributed by atoms with van der Waals surface area (Å²) in [5, 5.41) is 5.23. The van der Waals surface area contributed by atoms with Gasteiger partial charge in [0.25, 0.3) is 15.9 Å². The summed E-state index contributed by atoms with van der Waals surface area (Å²) >= 11 is 12.6. The first kappa shape index (κ1) is 23.0. The molecule has 1 heterocycles. The van der Waals surface area contributed by atoms with Gasteiger partial charge in [0.1, 0.15) is 4.21 Å². The number of benzene rings is 2. The molecule has 1 aromatic heterocycles. The molecule has 11 heteroatoms. The van der Waals surface area contributed by atoms with Crippen molar-refractivity contribution >= 4 is 67.6 Å². The molecular formula is C20H19ClN4O3S3. The quantitative estimate of drug-likeness (QED) is 0.309. The highest BCUT2D eigenvalue weighted by Crippen LogP contribution is 2.27. The first-order valence-corrected chi connectivity index (χ1v) is 12.1. The summed E-state index contributed by atoms with van der Waals surface area (Å²) in [4.78, 5) is 12.7. The standard InChI is InChI=1S/C20H19ClN4O3S3/c1-12-10-13(2)18(15(21)11-12)22-20(29)24-23-19(26)14-6-3-4-7-16(14)25-31(27,28)17-8-5-9-30-17/h3-11,25H,1-2H3,(H,23,26)(H2,22,24,29). The molecule has 162 valence electrons. The van der Waals surface area contributed by atoms with Crippen LogP contribution >= 0.6 is 35.2 Å². The zero-order chi connectivity index (χ0) is 22.6. The minimum absolute atomic E-state index is 0.124. The van der Waals surface area contributed by atoms with E-state index in [4.69, 9.17) is 23.8 Å². The molecule has 0 unspecified atom stereocenters. The Kier molecular flexibility index (Phi) is 7.16. The molecule has 0 aliphatic heterocycles. The van der Waals surface area contributed by atoms with Crippen LogP contribution in [0.5, 0.6) is 0 Å². The third-order valence-corrected chi connectivity index (χ3v) is 7.40. The van der Waals surface area contributed by atoms with Gasteiger partial charge in [-0.1, -0.05) is 35.9 Å². The van der Waals surface area contributed by atoms with Crippen LogP contribution in [-0.2, 0) is 10.0 Å². The Hall–Kier alpha value is -2.66. The largest absolute Gasteiger partial charge is 0.330 e. The lowest BCUT2D eigenvalue weighted by atomic mass is 10.1. The number of amides is 1. The van der Waals surface area contributed by atoms with Crippen LogP contribution in [0.3, 0.4) is 0 Å². The molecule has 1 amide bonds. The summed E-state index contributed by atoms with van der Waals surface area (Å²) in [7, 11) is -3.80. The predicted octanol–water partition coefficient (Wildman–Crippen LogP) is 4.45. The van der Waals surface area contributed by atoms with E-state index in [0.717, 1.165) is 22.5 Å². The molecule has 0 saturated heterocycles. The molecule has 0 fully saturated rings. The van der Waals surface area contributed by atoms with Gasteiger partial charge in [0, 0.05) is 0 Å². The normalized spacial score (nSPS) is 10.9. The van der Waals surface area contributed by atoms with Gasteiger partial charge in [-0.3, -0.25) is 20.4 Å². The SMILES string of the molecule is Cc1cc(C)c(NC(=S)NNC(=O)c2ccccc2NS(=O)(=O)c2cccs2)c(Cl)c1. The smallest absolute Gasteiger partial charge is 0.271 e. The highest BCUT2D eigenvalue weighted by atomic mass is 35.5. The minimum Gasteiger partial charge on any atom is -0.330 e. The number of nitrogens with one attached hydrogen (secondary N) is 4. The van der Waals surface area contributed by atoms with Crippen LogP contribution in [0.15, 0.2) is 58.1 Å². The first-order valence-electron chi connectivity index (χ1n) is 8.97. The molecule has 0 bridgehead atoms. The maximum Gasteiger partial charge on any atom is 0.271 e. The molecule has 0 saturated carbocycles. The lowest BCUT2D eigenvalue weighted by molar-refractivity contribution is 0.0945. The van der Waals surface area contributed by atoms with Gasteiger partial charge in [-0.25, -0.2) is 8.42 Å². The zero-order valence-electron chi connectivity index (χ0n) is 16.5. The number of anilines is 2. The number of rotatable bonds is 5. The Balaban J connectivity index is 1.68. The molecule has 3 rings (SSSR count). The van der Waals surface area contributed by atoms with E-state index in [1.54, 1.807) is 29.6 Å². The van der Waals surface area contributed by atoms with Crippen LogP contribution in [0.4, 0.5) is 11.4 Å². The second-order valence-corrected chi connectivity index (χ2v) is 10.2. The van der Waals surface area contributed by atoms with E-state index < -0.39 is 15.9 Å². The number of hydrogen-bond donors (Lipinski definition) is 4. The number of para-hydroxylation sites is 1. The van der Waals surface area contributed by atoms with Crippen molar-refractivity contribution in [2.45, 2.75) is 18.1 Å². The summed E-state index contributed by atoms with van der Waals surface area (Å²) < 4.78 is 27.6. The highest BCUT2D eigenvalue weighted by molar-refractivity contribution is 7.94. The van der Waals surface area contributed by atoms with Crippen LogP contribution in [0.25, 0.3) is 0 Å². The number of hydrogen-bond acceptors (Lipinski definition) is 5. The van der Waals surface area contributed by atoms with Crippen molar-refractivity contribution in [3.05, 3.63) is 75.6 Å². The maximum absolute atomic E-state index is 12.7. The van der Waals surface area contributed by atoms with E-state index in [1.165, 1.54) is 18.2 Å². The second-order valence-electron chi connectivity index (χ2n) is 6.56. The van der Waals surface area contributed by atoms with E-state index in [2.05, 4.69) is 20.9 Å². The number of aryl methyl sites for hydroxylation is 2. The lowest BCUT2D eigenvalue weighted by Gasteiger charge is -2.16. The molecule has 0 aliphatic rings. The molecule has 3 aromatic rings. The number of carbonyl (C=O) groups excluding carboxylic acids is 1. The summed E-state index contributed by atoms with van der Waals surface area (Å²) in [5.41, 5.74) is 7.88. The summed E-state index contributed by atoms with van der Waals surface area (Å²) in [6.45, 7) is 3.82. The molecular weight excluding hydrogens is 476 g/mol. The Morgan fingerprint density at radius 3 is 2.48 bits per heavy atom. The highest BCUT2D eigenvalue weighted by Gasteiger charge is 2.19. The molecule has 2 aromatic carbocycles. The topological polar surface area (TPSA) is 99.3 Å². The van der Waals surface area contributed by atoms with Gasteiger partial charge < -0.3 is 5.32 Å². The van der Waals surface area contributed by atoms with Crippen LogP contribution in [-0.4, -0.2) is 19.4 Å². The first-order chi connectivity index (χ1) is 14.7. The summed E-state index contributed by atoms with van der Waals surface area (Å²) in [6.07, 6.45) is 0. The fraction of sp³-hybridized carbons (Fsp3) is 0.100. The average molecular weight is 495 g/mol. The van der Waals surface area contributed by atoms with Gasteiger partial charge in [0.2, 0.25) is 0 Å². The maximum atomic E-state index is 12.7. The molecule has 0 atom stereocenters. The van der Waals surface area contributed by atoms with E-state index >= 15 is 0 Å². The van der Waals surface area contributed by atoms with Crippen LogP contribution in [0, 0.1) is 13.8 Å². The van der Waals surface area contributed by atoms with Crippen molar-refractivity contribution in [2.75, 3.05) is 10.0 Å². The van der Waals surface area contributed by atoms with E-state index in [9.17, 15) is 13.2 Å². The van der Waals surface area contributed by atoms with Crippen molar-refractivity contribution in [1.82, 2.24) is 10.9 Å². The number of carbonyl (C=O) groups is 1. The Bertz CT molecular complexity index is 1210. The van der Waals surface area contributed by atoms with Gasteiger partial charge in [-0.2, -0.15) is 0 Å². The van der Waals surface area contributed by atoms with Gasteiger partial charge in [-0.05, 0) is 66.8 Å². The van der Waals surface area contributed by atoms with Crippen molar-refractivity contribution in [2.24, 2.45) is 0 Å². The Morgan fingerprint density at radius 2 is 1.81 bits per heavy atom. The summed E-state index contributed by atoms with van der Waals surface area (Å²) in [5.74, 6) is -0.569. The monoisotopic (exact) mass is 494 g/mol. The van der Waals surface area contributed by atoms with E-state index in [1.807, 2.05) is 19.9 Å². The number of sulfonamides is 1. The van der Waals surface area contributed by atoms with Gasteiger partial charge in [-0.15, -0.1) is 11.3 Å². The Labute approximate surface area is 194 Å². The molecule has 7 nitrogen and oxygen atoms in total. The number of thiocarbonyl (C=S) groups is 1. The van der Waals surface area contributed by atoms with Crippen molar-refractivity contribution in [1.29, 1.82) is 0 Å². The minimum atomic E-state index is -3.80. The lowest BCUT2D eigenvalue weighted by Crippen LogP contribution is -2.44. The number of thiophene rings is 1.